The molecule has 4 nitrogen and oxygen atoms in total. The zero-order chi connectivity index (χ0) is 11.0. The van der Waals surface area contributed by atoms with Crippen LogP contribution in [0.25, 0.3) is 11.0 Å². The third-order valence-corrected chi connectivity index (χ3v) is 2.65. The summed E-state index contributed by atoms with van der Waals surface area (Å²) in [6, 6.07) is 3.89. The molecule has 2 rings (SSSR count). The van der Waals surface area contributed by atoms with Crippen molar-refractivity contribution in [2.24, 2.45) is 0 Å². The molecule has 0 atom stereocenters. The second-order valence-corrected chi connectivity index (χ2v) is 3.73. The van der Waals surface area contributed by atoms with Crippen LogP contribution in [0, 0.1) is 13.8 Å². The summed E-state index contributed by atoms with van der Waals surface area (Å²) in [5.41, 5.74) is 9.59. The van der Waals surface area contributed by atoms with Crippen LogP contribution < -0.4 is 5.73 Å². The van der Waals surface area contributed by atoms with Crippen molar-refractivity contribution in [2.75, 3.05) is 12.3 Å². The number of anilines is 1. The summed E-state index contributed by atoms with van der Waals surface area (Å²) in [5.74, 6) is 0.907. The first kappa shape index (κ1) is 9.98. The number of benzene rings is 1. The molecule has 0 unspecified atom stereocenters. The Hall–Kier alpha value is -1.55. The number of hydrogen-bond acceptors (Lipinski definition) is 3. The molecule has 1 heterocycles. The average Bonchev–Trinajstić information content (AvgIpc) is 2.46. The van der Waals surface area contributed by atoms with Crippen molar-refractivity contribution in [3.05, 3.63) is 23.5 Å². The maximum absolute atomic E-state index is 8.97. The highest BCUT2D eigenvalue weighted by Gasteiger charge is 2.08. The van der Waals surface area contributed by atoms with E-state index >= 15 is 0 Å². The molecule has 2 aromatic rings. The lowest BCUT2D eigenvalue weighted by Crippen LogP contribution is -2.04. The van der Waals surface area contributed by atoms with Crippen molar-refractivity contribution in [1.29, 1.82) is 0 Å². The molecule has 1 aromatic carbocycles. The molecule has 0 saturated carbocycles. The fourth-order valence-corrected chi connectivity index (χ4v) is 1.79. The highest BCUT2D eigenvalue weighted by Crippen LogP contribution is 2.22. The summed E-state index contributed by atoms with van der Waals surface area (Å²) in [4.78, 5) is 4.43. The van der Waals surface area contributed by atoms with Crippen LogP contribution >= 0.6 is 0 Å². The minimum absolute atomic E-state index is 0.111. The summed E-state index contributed by atoms with van der Waals surface area (Å²) in [6.45, 7) is 4.57. The van der Waals surface area contributed by atoms with Gasteiger partial charge in [0.1, 0.15) is 5.82 Å². The lowest BCUT2D eigenvalue weighted by molar-refractivity contribution is 0.276. The van der Waals surface area contributed by atoms with Gasteiger partial charge in [-0.2, -0.15) is 0 Å². The van der Waals surface area contributed by atoms with E-state index in [1.807, 2.05) is 30.5 Å². The largest absolute Gasteiger partial charge is 0.398 e. The monoisotopic (exact) mass is 205 g/mol. The number of rotatable bonds is 2. The highest BCUT2D eigenvalue weighted by molar-refractivity contribution is 5.81. The Labute approximate surface area is 88.3 Å². The molecule has 0 bridgehead atoms. The molecule has 0 fully saturated rings. The van der Waals surface area contributed by atoms with Gasteiger partial charge in [-0.25, -0.2) is 4.98 Å². The van der Waals surface area contributed by atoms with Gasteiger partial charge in [-0.3, -0.25) is 0 Å². The van der Waals surface area contributed by atoms with Crippen LogP contribution in [0.5, 0.6) is 0 Å². The highest BCUT2D eigenvalue weighted by atomic mass is 16.3. The molecule has 0 aliphatic rings. The molecule has 80 valence electrons. The molecule has 4 heteroatoms. The smallest absolute Gasteiger partial charge is 0.106 e. The Morgan fingerprint density at radius 3 is 2.80 bits per heavy atom. The maximum atomic E-state index is 8.97. The Kier molecular flexibility index (Phi) is 2.36. The molecule has 3 N–H and O–H groups in total. The molecule has 0 spiro atoms. The number of nitrogen functional groups attached to an aromatic ring is 1. The van der Waals surface area contributed by atoms with E-state index in [0.717, 1.165) is 28.1 Å². The second kappa shape index (κ2) is 3.55. The van der Waals surface area contributed by atoms with Crippen LogP contribution in [0.15, 0.2) is 12.1 Å². The van der Waals surface area contributed by atoms with Gasteiger partial charge in [-0.15, -0.1) is 0 Å². The molecular weight excluding hydrogens is 190 g/mol. The lowest BCUT2D eigenvalue weighted by Gasteiger charge is -2.05. The zero-order valence-corrected chi connectivity index (χ0v) is 8.99. The van der Waals surface area contributed by atoms with Crippen LogP contribution in [0.1, 0.15) is 11.4 Å². The van der Waals surface area contributed by atoms with Gasteiger partial charge < -0.3 is 15.4 Å². The number of aryl methyl sites for hydroxylation is 2. The number of fused-ring (bicyclic) bond motifs is 1. The topological polar surface area (TPSA) is 64.1 Å². The third-order valence-electron chi connectivity index (χ3n) is 2.65. The molecule has 0 amide bonds. The summed E-state index contributed by atoms with van der Waals surface area (Å²) in [7, 11) is 0. The van der Waals surface area contributed by atoms with Gasteiger partial charge in [0.05, 0.1) is 17.6 Å². The van der Waals surface area contributed by atoms with Crippen molar-refractivity contribution in [3.63, 3.8) is 0 Å². The normalized spacial score (nSPS) is 11.1. The van der Waals surface area contributed by atoms with Crippen LogP contribution in [-0.2, 0) is 6.54 Å². The predicted octanol–water partition coefficient (Wildman–Crippen LogP) is 1.23. The molecule has 15 heavy (non-hydrogen) atoms. The molecule has 0 aliphatic carbocycles. The van der Waals surface area contributed by atoms with Gasteiger partial charge >= 0.3 is 0 Å². The Morgan fingerprint density at radius 2 is 2.13 bits per heavy atom. The fraction of sp³-hybridized carbons (Fsp3) is 0.364. The van der Waals surface area contributed by atoms with Crippen molar-refractivity contribution in [2.45, 2.75) is 20.4 Å². The van der Waals surface area contributed by atoms with Gasteiger partial charge in [-0.05, 0) is 31.5 Å². The van der Waals surface area contributed by atoms with Gasteiger partial charge in [0.15, 0.2) is 0 Å². The van der Waals surface area contributed by atoms with E-state index in [1.54, 1.807) is 0 Å². The van der Waals surface area contributed by atoms with Gasteiger partial charge in [0.25, 0.3) is 0 Å². The van der Waals surface area contributed by atoms with Crippen molar-refractivity contribution in [3.8, 4) is 0 Å². The number of aliphatic hydroxyl groups excluding tert-OH is 1. The molecule has 0 aliphatic heterocycles. The maximum Gasteiger partial charge on any atom is 0.106 e. The van der Waals surface area contributed by atoms with Gasteiger partial charge in [-0.1, -0.05) is 0 Å². The van der Waals surface area contributed by atoms with Crippen LogP contribution in [-0.4, -0.2) is 21.3 Å². The van der Waals surface area contributed by atoms with Crippen LogP contribution in [0.4, 0.5) is 5.69 Å². The van der Waals surface area contributed by atoms with Crippen molar-refractivity contribution < 1.29 is 5.11 Å². The van der Waals surface area contributed by atoms with E-state index in [4.69, 9.17) is 10.8 Å². The van der Waals surface area contributed by atoms with Crippen molar-refractivity contribution in [1.82, 2.24) is 9.55 Å². The van der Waals surface area contributed by atoms with Crippen LogP contribution in [0.3, 0.4) is 0 Å². The minimum Gasteiger partial charge on any atom is -0.398 e. The summed E-state index contributed by atoms with van der Waals surface area (Å²) < 4.78 is 1.98. The van der Waals surface area contributed by atoms with E-state index in [2.05, 4.69) is 4.98 Å². The molecule has 0 radical (unpaired) electrons. The number of aliphatic hydroxyl groups is 1. The standard InChI is InChI=1S/C11H15N3O/c1-7-5-10-11(6-9(7)12)14(3-4-15)8(2)13-10/h5-6,15H,3-4,12H2,1-2H3. The molecule has 1 aromatic heterocycles. The van der Waals surface area contributed by atoms with Crippen molar-refractivity contribution >= 4 is 16.7 Å². The average molecular weight is 205 g/mol. The number of aromatic nitrogens is 2. The molecule has 0 saturated heterocycles. The fourth-order valence-electron chi connectivity index (χ4n) is 1.79. The summed E-state index contributed by atoms with van der Waals surface area (Å²) in [5, 5.41) is 8.97. The second-order valence-electron chi connectivity index (χ2n) is 3.73. The number of nitrogens with zero attached hydrogens (tertiary/aromatic N) is 2. The predicted molar refractivity (Wildman–Crippen MR) is 60.7 cm³/mol. The van der Waals surface area contributed by atoms with E-state index in [0.29, 0.717) is 6.54 Å². The quantitative estimate of drug-likeness (QED) is 0.725. The molecular formula is C11H15N3O. The SMILES string of the molecule is Cc1cc2nc(C)n(CCO)c2cc1N. The summed E-state index contributed by atoms with van der Waals surface area (Å²) >= 11 is 0. The first-order valence-corrected chi connectivity index (χ1v) is 4.97. The number of imidazole rings is 1. The Morgan fingerprint density at radius 1 is 1.40 bits per heavy atom. The number of hydrogen-bond donors (Lipinski definition) is 2. The van der Waals surface area contributed by atoms with Crippen LogP contribution in [0.2, 0.25) is 0 Å². The van der Waals surface area contributed by atoms with E-state index in [9.17, 15) is 0 Å². The lowest BCUT2D eigenvalue weighted by atomic mass is 10.2. The third kappa shape index (κ3) is 1.57. The van der Waals surface area contributed by atoms with Gasteiger partial charge in [0.2, 0.25) is 0 Å². The zero-order valence-electron chi connectivity index (χ0n) is 8.99. The minimum atomic E-state index is 0.111. The first-order valence-electron chi connectivity index (χ1n) is 4.97. The number of nitrogens with two attached hydrogens (primary N) is 1. The van der Waals surface area contributed by atoms with E-state index < -0.39 is 0 Å². The van der Waals surface area contributed by atoms with E-state index in [-0.39, 0.29) is 6.61 Å². The van der Waals surface area contributed by atoms with E-state index in [1.165, 1.54) is 0 Å². The van der Waals surface area contributed by atoms with Gasteiger partial charge in [0, 0.05) is 12.2 Å². The summed E-state index contributed by atoms with van der Waals surface area (Å²) in [6.07, 6.45) is 0. The Balaban J connectivity index is 2.70. The Bertz CT molecular complexity index is 502. The first-order chi connectivity index (χ1) is 7.13.